The second-order valence-corrected chi connectivity index (χ2v) is 12.6. The van der Waals surface area contributed by atoms with Gasteiger partial charge in [0.05, 0.1) is 6.54 Å². The molecule has 0 radical (unpaired) electrons. The number of rotatable bonds is 7. The van der Waals surface area contributed by atoms with Gasteiger partial charge < -0.3 is 10.6 Å². The summed E-state index contributed by atoms with van der Waals surface area (Å²) >= 11 is 7.23. The van der Waals surface area contributed by atoms with E-state index >= 15 is 0 Å². The van der Waals surface area contributed by atoms with E-state index in [1.165, 1.54) is 15.6 Å². The van der Waals surface area contributed by atoms with Crippen LogP contribution in [0.1, 0.15) is 31.4 Å². The van der Waals surface area contributed by atoms with Crippen molar-refractivity contribution in [1.29, 1.82) is 5.41 Å². The average molecular weight is 519 g/mol. The van der Waals surface area contributed by atoms with Crippen LogP contribution in [0.15, 0.2) is 52.7 Å². The van der Waals surface area contributed by atoms with Crippen molar-refractivity contribution in [2.45, 2.75) is 37.1 Å². The first-order valence-corrected chi connectivity index (χ1v) is 13.6. The fourth-order valence-corrected chi connectivity index (χ4v) is 7.47. The lowest BCUT2D eigenvalue weighted by Crippen LogP contribution is -2.57. The lowest BCUT2D eigenvalue weighted by atomic mass is 9.99. The minimum Gasteiger partial charge on any atom is -0.384 e. The highest BCUT2D eigenvalue weighted by molar-refractivity contribution is 7.91. The predicted octanol–water partition coefficient (Wildman–Crippen LogP) is 4.29. The van der Waals surface area contributed by atoms with Crippen LogP contribution in [0.25, 0.3) is 10.1 Å². The van der Waals surface area contributed by atoms with Gasteiger partial charge in [0, 0.05) is 34.4 Å². The number of piperazine rings is 1. The molecular weight excluding hydrogens is 492 g/mol. The van der Waals surface area contributed by atoms with Gasteiger partial charge in [-0.1, -0.05) is 55.8 Å². The lowest BCUT2D eigenvalue weighted by molar-refractivity contribution is -0.138. The van der Waals surface area contributed by atoms with Crippen molar-refractivity contribution >= 4 is 54.8 Å². The zero-order chi connectivity index (χ0) is 24.6. The van der Waals surface area contributed by atoms with E-state index in [0.717, 1.165) is 15.6 Å². The number of carbonyl (C=O) groups excluding carboxylic acids is 1. The van der Waals surface area contributed by atoms with Gasteiger partial charge in [-0.2, -0.15) is 4.31 Å². The molecule has 0 unspecified atom stereocenters. The van der Waals surface area contributed by atoms with E-state index in [-0.39, 0.29) is 41.0 Å². The van der Waals surface area contributed by atoms with Crippen LogP contribution in [0.4, 0.5) is 0 Å². The summed E-state index contributed by atoms with van der Waals surface area (Å²) in [6, 6.07) is 13.9. The van der Waals surface area contributed by atoms with Gasteiger partial charge in [-0.25, -0.2) is 8.42 Å². The number of hydrogen-bond acceptors (Lipinski definition) is 5. The Balaban J connectivity index is 1.59. The van der Waals surface area contributed by atoms with Crippen LogP contribution in [-0.4, -0.2) is 48.5 Å². The second kappa shape index (κ2) is 9.65. The summed E-state index contributed by atoms with van der Waals surface area (Å²) in [5.41, 5.74) is 7.06. The zero-order valence-corrected chi connectivity index (χ0v) is 21.4. The Morgan fingerprint density at radius 2 is 1.91 bits per heavy atom. The van der Waals surface area contributed by atoms with Gasteiger partial charge in [-0.3, -0.25) is 10.2 Å². The maximum Gasteiger partial charge on any atom is 0.253 e. The number of nitrogens with two attached hydrogens (primary N) is 1. The second-order valence-electron chi connectivity index (χ2n) is 8.96. The first-order valence-electron chi connectivity index (χ1n) is 11.0. The van der Waals surface area contributed by atoms with Crippen LogP contribution in [0.5, 0.6) is 0 Å². The van der Waals surface area contributed by atoms with Gasteiger partial charge >= 0.3 is 0 Å². The Bertz CT molecular complexity index is 1340. The Morgan fingerprint density at radius 1 is 1.21 bits per heavy atom. The van der Waals surface area contributed by atoms with Gasteiger partial charge in [-0.15, -0.1) is 11.3 Å². The summed E-state index contributed by atoms with van der Waals surface area (Å²) in [4.78, 5) is 15.0. The SMILES string of the molecule is CC(C)C[C@H]1CN(S(=O)(=O)c2cc3ccc(Cl)cc3s2)CC(=O)N1Cc1ccc(C(=N)N)cc1. The van der Waals surface area contributed by atoms with Crippen molar-refractivity contribution < 1.29 is 13.2 Å². The molecule has 34 heavy (non-hydrogen) atoms. The largest absolute Gasteiger partial charge is 0.384 e. The summed E-state index contributed by atoms with van der Waals surface area (Å²) in [5.74, 6) is 0.0532. The van der Waals surface area contributed by atoms with Crippen molar-refractivity contribution in [3.63, 3.8) is 0 Å². The molecule has 4 rings (SSSR count). The first-order chi connectivity index (χ1) is 16.0. The van der Waals surface area contributed by atoms with Gasteiger partial charge in [-0.05, 0) is 41.5 Å². The molecule has 10 heteroatoms. The molecule has 0 spiro atoms. The summed E-state index contributed by atoms with van der Waals surface area (Å²) in [6.45, 7) is 4.55. The molecular formula is C24H27ClN4O3S2. The van der Waals surface area contributed by atoms with Crippen molar-refractivity contribution in [3.05, 3.63) is 64.7 Å². The monoisotopic (exact) mass is 518 g/mol. The van der Waals surface area contributed by atoms with Crippen LogP contribution in [0.3, 0.4) is 0 Å². The molecule has 1 saturated heterocycles. The number of halogens is 1. The number of fused-ring (bicyclic) bond motifs is 1. The third kappa shape index (κ3) is 5.12. The summed E-state index contributed by atoms with van der Waals surface area (Å²) in [5, 5.41) is 8.90. The maximum atomic E-state index is 13.5. The number of nitrogen functional groups attached to an aromatic ring is 1. The molecule has 3 aromatic rings. The Hall–Kier alpha value is -2.46. The molecule has 1 amide bonds. The highest BCUT2D eigenvalue weighted by Crippen LogP contribution is 2.34. The third-order valence-corrected chi connectivity index (χ3v) is 9.50. The summed E-state index contributed by atoms with van der Waals surface area (Å²) in [7, 11) is -3.83. The number of nitrogens with one attached hydrogen (secondary N) is 1. The molecule has 1 atom stereocenters. The van der Waals surface area contributed by atoms with E-state index in [0.29, 0.717) is 23.6 Å². The number of benzene rings is 2. The molecule has 1 aliphatic rings. The van der Waals surface area contributed by atoms with E-state index in [1.54, 1.807) is 41.3 Å². The quantitative estimate of drug-likeness (QED) is 0.359. The Labute approximate surface area is 208 Å². The van der Waals surface area contributed by atoms with Crippen LogP contribution in [0.2, 0.25) is 5.02 Å². The highest BCUT2D eigenvalue weighted by Gasteiger charge is 2.39. The van der Waals surface area contributed by atoms with Gasteiger partial charge in [0.15, 0.2) is 0 Å². The zero-order valence-electron chi connectivity index (χ0n) is 19.0. The normalized spacial score (nSPS) is 17.6. The number of nitrogens with zero attached hydrogens (tertiary/aromatic N) is 2. The van der Waals surface area contributed by atoms with Gasteiger partial charge in [0.25, 0.3) is 10.0 Å². The molecule has 2 heterocycles. The number of sulfonamides is 1. The van der Waals surface area contributed by atoms with E-state index in [9.17, 15) is 13.2 Å². The van der Waals surface area contributed by atoms with E-state index in [4.69, 9.17) is 22.7 Å². The third-order valence-electron chi connectivity index (χ3n) is 5.90. The van der Waals surface area contributed by atoms with Crippen molar-refractivity contribution in [2.24, 2.45) is 11.7 Å². The van der Waals surface area contributed by atoms with Crippen molar-refractivity contribution in [3.8, 4) is 0 Å². The standard InChI is InChI=1S/C24H27ClN4O3S2/c1-15(2)9-20-13-28(34(31,32)23-10-18-7-8-19(25)11-21(18)33-23)14-22(30)29(20)12-16-3-5-17(6-4-16)24(26)27/h3-8,10-11,15,20H,9,12-14H2,1-2H3,(H3,26,27)/t20-/m0/s1. The number of amides is 1. The molecule has 3 N–H and O–H groups in total. The minimum absolute atomic E-state index is 0.0114. The van der Waals surface area contributed by atoms with Crippen LogP contribution < -0.4 is 5.73 Å². The van der Waals surface area contributed by atoms with Gasteiger partial charge in [0.2, 0.25) is 5.91 Å². The summed E-state index contributed by atoms with van der Waals surface area (Å²) < 4.78 is 29.3. The molecule has 0 saturated carbocycles. The number of amidine groups is 1. The average Bonchev–Trinajstić information content (AvgIpc) is 3.20. The van der Waals surface area contributed by atoms with E-state index in [2.05, 4.69) is 13.8 Å². The molecule has 0 aliphatic carbocycles. The molecule has 1 aliphatic heterocycles. The molecule has 0 bridgehead atoms. The van der Waals surface area contributed by atoms with E-state index < -0.39 is 10.0 Å². The molecule has 1 aromatic heterocycles. The van der Waals surface area contributed by atoms with Crippen LogP contribution in [0, 0.1) is 11.3 Å². The lowest BCUT2D eigenvalue weighted by Gasteiger charge is -2.41. The molecule has 7 nitrogen and oxygen atoms in total. The Kier molecular flexibility index (Phi) is 7.00. The number of thiophene rings is 1. The topological polar surface area (TPSA) is 108 Å². The van der Waals surface area contributed by atoms with Crippen molar-refractivity contribution in [2.75, 3.05) is 13.1 Å². The minimum atomic E-state index is -3.83. The van der Waals surface area contributed by atoms with E-state index in [1.807, 2.05) is 12.1 Å². The maximum absolute atomic E-state index is 13.5. The van der Waals surface area contributed by atoms with Crippen molar-refractivity contribution in [1.82, 2.24) is 9.21 Å². The van der Waals surface area contributed by atoms with Gasteiger partial charge in [0.1, 0.15) is 10.0 Å². The predicted molar refractivity (Wildman–Crippen MR) is 137 cm³/mol. The fraction of sp³-hybridized carbons (Fsp3) is 0.333. The number of hydrogen-bond donors (Lipinski definition) is 2. The molecule has 2 aromatic carbocycles. The van der Waals surface area contributed by atoms with Crippen LogP contribution >= 0.6 is 22.9 Å². The number of carbonyl (C=O) groups is 1. The molecule has 180 valence electrons. The van der Waals surface area contributed by atoms with Crippen LogP contribution in [-0.2, 0) is 21.4 Å². The summed E-state index contributed by atoms with van der Waals surface area (Å²) in [6.07, 6.45) is 0.686. The fourth-order valence-electron chi connectivity index (χ4n) is 4.21. The Morgan fingerprint density at radius 3 is 2.56 bits per heavy atom. The first kappa shape index (κ1) is 24.7. The smallest absolute Gasteiger partial charge is 0.253 e. The molecule has 1 fully saturated rings. The highest BCUT2D eigenvalue weighted by atomic mass is 35.5.